The Balaban J connectivity index is 2.95. The van der Waals surface area contributed by atoms with Crippen molar-refractivity contribution in [1.29, 1.82) is 0 Å². The highest BCUT2D eigenvalue weighted by Gasteiger charge is 2.23. The predicted octanol–water partition coefficient (Wildman–Crippen LogP) is 2.46. The molecule has 0 aromatic heterocycles. The molecule has 0 aliphatic heterocycles. The number of anilines is 2. The molecule has 0 spiro atoms. The molecule has 0 aliphatic rings. The standard InChI is InChI=1S/C14H23N3O/c1-9(2)14(3,4)8-17-12-10(13(16)18)6-5-7-11(12)15/h5-7,9,17H,8,15H2,1-4H3,(H2,16,18). The second kappa shape index (κ2) is 5.29. The Bertz CT molecular complexity index is 439. The lowest BCUT2D eigenvalue weighted by Gasteiger charge is -2.30. The fraction of sp³-hybridized carbons (Fsp3) is 0.500. The van der Waals surface area contributed by atoms with E-state index >= 15 is 0 Å². The summed E-state index contributed by atoms with van der Waals surface area (Å²) in [6, 6.07) is 5.18. The monoisotopic (exact) mass is 249 g/mol. The van der Waals surface area contributed by atoms with Crippen molar-refractivity contribution in [3.05, 3.63) is 23.8 Å². The molecule has 5 N–H and O–H groups in total. The van der Waals surface area contributed by atoms with E-state index < -0.39 is 5.91 Å². The average Bonchev–Trinajstić information content (AvgIpc) is 2.26. The van der Waals surface area contributed by atoms with E-state index in [1.54, 1.807) is 18.2 Å². The first kappa shape index (κ1) is 14.4. The first-order valence-electron chi connectivity index (χ1n) is 6.18. The van der Waals surface area contributed by atoms with Gasteiger partial charge < -0.3 is 16.8 Å². The molecule has 0 saturated heterocycles. The molecule has 1 aromatic carbocycles. The highest BCUT2D eigenvalue weighted by molar-refractivity contribution is 6.01. The molecule has 1 rings (SSSR count). The molecule has 100 valence electrons. The summed E-state index contributed by atoms with van der Waals surface area (Å²) in [7, 11) is 0. The molecule has 0 saturated carbocycles. The van der Waals surface area contributed by atoms with E-state index in [0.717, 1.165) is 6.54 Å². The van der Waals surface area contributed by atoms with Gasteiger partial charge in [0.2, 0.25) is 0 Å². The molecule has 0 bridgehead atoms. The number of hydrogen-bond donors (Lipinski definition) is 3. The van der Waals surface area contributed by atoms with Crippen LogP contribution in [0.4, 0.5) is 11.4 Å². The van der Waals surface area contributed by atoms with Crippen LogP contribution in [0.5, 0.6) is 0 Å². The number of benzene rings is 1. The number of hydrogen-bond acceptors (Lipinski definition) is 3. The molecule has 18 heavy (non-hydrogen) atoms. The van der Waals surface area contributed by atoms with Crippen LogP contribution in [0.25, 0.3) is 0 Å². The number of nitrogens with one attached hydrogen (secondary N) is 1. The predicted molar refractivity (Wildman–Crippen MR) is 76.5 cm³/mol. The zero-order valence-corrected chi connectivity index (χ0v) is 11.6. The van der Waals surface area contributed by atoms with Crippen LogP contribution in [0.15, 0.2) is 18.2 Å². The molecular formula is C14H23N3O. The summed E-state index contributed by atoms with van der Waals surface area (Å²) < 4.78 is 0. The van der Waals surface area contributed by atoms with Crippen molar-refractivity contribution in [1.82, 2.24) is 0 Å². The molecular weight excluding hydrogens is 226 g/mol. The van der Waals surface area contributed by atoms with E-state index in [1.165, 1.54) is 0 Å². The lowest BCUT2D eigenvalue weighted by Crippen LogP contribution is -2.29. The van der Waals surface area contributed by atoms with E-state index in [2.05, 4.69) is 33.0 Å². The maximum atomic E-state index is 11.4. The Labute approximate surface area is 109 Å². The average molecular weight is 249 g/mol. The van der Waals surface area contributed by atoms with Gasteiger partial charge in [-0.1, -0.05) is 33.8 Å². The van der Waals surface area contributed by atoms with Gasteiger partial charge in [0.15, 0.2) is 0 Å². The van der Waals surface area contributed by atoms with Crippen molar-refractivity contribution >= 4 is 17.3 Å². The van der Waals surface area contributed by atoms with E-state index in [1.807, 2.05) is 0 Å². The van der Waals surface area contributed by atoms with Crippen LogP contribution in [0.3, 0.4) is 0 Å². The van der Waals surface area contributed by atoms with Crippen molar-refractivity contribution in [2.24, 2.45) is 17.1 Å². The van der Waals surface area contributed by atoms with Crippen LogP contribution in [-0.4, -0.2) is 12.5 Å². The third-order valence-electron chi connectivity index (χ3n) is 3.65. The minimum atomic E-state index is -0.466. The number of nitrogens with two attached hydrogens (primary N) is 2. The molecule has 0 atom stereocenters. The Morgan fingerprint density at radius 1 is 1.39 bits per heavy atom. The Hall–Kier alpha value is -1.71. The van der Waals surface area contributed by atoms with E-state index in [4.69, 9.17) is 11.5 Å². The van der Waals surface area contributed by atoms with Crippen molar-refractivity contribution in [2.75, 3.05) is 17.6 Å². The number of nitrogen functional groups attached to an aromatic ring is 1. The molecule has 4 nitrogen and oxygen atoms in total. The largest absolute Gasteiger partial charge is 0.397 e. The van der Waals surface area contributed by atoms with Gasteiger partial charge >= 0.3 is 0 Å². The maximum absolute atomic E-state index is 11.4. The fourth-order valence-corrected chi connectivity index (χ4v) is 1.49. The molecule has 0 unspecified atom stereocenters. The molecule has 1 aromatic rings. The first-order chi connectivity index (χ1) is 8.25. The lowest BCUT2D eigenvalue weighted by atomic mass is 9.81. The van der Waals surface area contributed by atoms with Crippen LogP contribution in [-0.2, 0) is 0 Å². The van der Waals surface area contributed by atoms with Gasteiger partial charge in [0.05, 0.1) is 16.9 Å². The maximum Gasteiger partial charge on any atom is 0.250 e. The van der Waals surface area contributed by atoms with E-state index in [-0.39, 0.29) is 5.41 Å². The highest BCUT2D eigenvalue weighted by atomic mass is 16.1. The molecule has 0 aliphatic carbocycles. The van der Waals surface area contributed by atoms with Crippen molar-refractivity contribution < 1.29 is 4.79 Å². The van der Waals surface area contributed by atoms with Gasteiger partial charge in [-0.05, 0) is 23.5 Å². The minimum absolute atomic E-state index is 0.108. The summed E-state index contributed by atoms with van der Waals surface area (Å²) in [4.78, 5) is 11.4. The Morgan fingerprint density at radius 3 is 2.50 bits per heavy atom. The molecule has 1 amide bonds. The Kier molecular flexibility index (Phi) is 4.22. The fourth-order valence-electron chi connectivity index (χ4n) is 1.49. The topological polar surface area (TPSA) is 81.1 Å². The summed E-state index contributed by atoms with van der Waals surface area (Å²) in [5, 5.41) is 3.26. The van der Waals surface area contributed by atoms with Gasteiger partial charge in [-0.15, -0.1) is 0 Å². The number of primary amides is 1. The zero-order chi connectivity index (χ0) is 13.9. The zero-order valence-electron chi connectivity index (χ0n) is 11.6. The van der Waals surface area contributed by atoms with Crippen LogP contribution in [0, 0.1) is 11.3 Å². The second-order valence-corrected chi connectivity index (χ2v) is 5.63. The summed E-state index contributed by atoms with van der Waals surface area (Å²) in [6.45, 7) is 9.43. The summed E-state index contributed by atoms with van der Waals surface area (Å²) in [5.41, 5.74) is 13.0. The second-order valence-electron chi connectivity index (χ2n) is 5.63. The van der Waals surface area contributed by atoms with Crippen molar-refractivity contribution in [3.8, 4) is 0 Å². The van der Waals surface area contributed by atoms with Crippen LogP contribution < -0.4 is 16.8 Å². The van der Waals surface area contributed by atoms with Crippen LogP contribution in [0.1, 0.15) is 38.1 Å². The van der Waals surface area contributed by atoms with Crippen LogP contribution in [0.2, 0.25) is 0 Å². The minimum Gasteiger partial charge on any atom is -0.397 e. The quantitative estimate of drug-likeness (QED) is 0.701. The van der Waals surface area contributed by atoms with E-state index in [9.17, 15) is 4.79 Å². The molecule has 0 heterocycles. The smallest absolute Gasteiger partial charge is 0.250 e. The third kappa shape index (κ3) is 3.15. The van der Waals surface area contributed by atoms with Gasteiger partial charge in [0, 0.05) is 6.54 Å². The summed E-state index contributed by atoms with van der Waals surface area (Å²) in [5.74, 6) is 0.0547. The van der Waals surface area contributed by atoms with Gasteiger partial charge in [-0.3, -0.25) is 4.79 Å². The van der Waals surface area contributed by atoms with Gasteiger partial charge in [0.25, 0.3) is 5.91 Å². The third-order valence-corrected chi connectivity index (χ3v) is 3.65. The number of carbonyl (C=O) groups is 1. The lowest BCUT2D eigenvalue weighted by molar-refractivity contribution is 0.100. The van der Waals surface area contributed by atoms with Crippen molar-refractivity contribution in [3.63, 3.8) is 0 Å². The summed E-state index contributed by atoms with van der Waals surface area (Å²) >= 11 is 0. The summed E-state index contributed by atoms with van der Waals surface area (Å²) in [6.07, 6.45) is 0. The normalized spacial score (nSPS) is 11.6. The number of para-hydroxylation sites is 1. The number of rotatable bonds is 5. The highest BCUT2D eigenvalue weighted by Crippen LogP contribution is 2.29. The van der Waals surface area contributed by atoms with Gasteiger partial charge in [-0.2, -0.15) is 0 Å². The van der Waals surface area contributed by atoms with Gasteiger partial charge in [-0.25, -0.2) is 0 Å². The van der Waals surface area contributed by atoms with E-state index in [0.29, 0.717) is 22.9 Å². The van der Waals surface area contributed by atoms with Gasteiger partial charge in [0.1, 0.15) is 0 Å². The first-order valence-corrected chi connectivity index (χ1v) is 6.18. The van der Waals surface area contributed by atoms with Crippen LogP contribution >= 0.6 is 0 Å². The molecule has 0 radical (unpaired) electrons. The number of amides is 1. The van der Waals surface area contributed by atoms with Crippen molar-refractivity contribution in [2.45, 2.75) is 27.7 Å². The molecule has 4 heteroatoms. The molecule has 0 fully saturated rings. The number of carbonyl (C=O) groups excluding carboxylic acids is 1. The SMILES string of the molecule is CC(C)C(C)(C)CNc1c(N)cccc1C(N)=O. The Morgan fingerprint density at radius 2 is 2.00 bits per heavy atom.